The summed E-state index contributed by atoms with van der Waals surface area (Å²) in [6.45, 7) is 2.66. The van der Waals surface area contributed by atoms with Gasteiger partial charge in [-0.05, 0) is 24.6 Å². The van der Waals surface area contributed by atoms with Crippen LogP contribution in [0.25, 0.3) is 23.0 Å². The number of non-ortho nitro benzene ring substituents is 1. The Kier molecular flexibility index (Phi) is 6.48. The number of benzene rings is 2. The molecule has 4 rings (SSSR count). The molecule has 1 aliphatic rings. The van der Waals surface area contributed by atoms with Crippen LogP contribution in [0, 0.1) is 10.1 Å². The second kappa shape index (κ2) is 9.46. The summed E-state index contributed by atoms with van der Waals surface area (Å²) in [5, 5.41) is 16.0. The number of thiocarbonyl (C=S) groups is 1. The Morgan fingerprint density at radius 3 is 2.69 bits per heavy atom. The molecule has 2 aromatic carbocycles. The lowest BCUT2D eigenvalue weighted by molar-refractivity contribution is -0.384. The van der Waals surface area contributed by atoms with E-state index in [-0.39, 0.29) is 11.6 Å². The van der Waals surface area contributed by atoms with Gasteiger partial charge >= 0.3 is 0 Å². The van der Waals surface area contributed by atoms with E-state index in [4.69, 9.17) is 12.2 Å². The highest BCUT2D eigenvalue weighted by atomic mass is 32.2. The first kappa shape index (κ1) is 21.9. The fraction of sp³-hybridized carbons (Fsp3) is 0.174. The molecular formula is C23H20N4O3S2. The Morgan fingerprint density at radius 1 is 1.19 bits per heavy atom. The lowest BCUT2D eigenvalue weighted by Crippen LogP contribution is -2.28. The van der Waals surface area contributed by atoms with Gasteiger partial charge in [0.25, 0.3) is 11.6 Å². The number of unbranched alkanes of at least 4 members (excludes halogenated alkanes) is 1. The molecular weight excluding hydrogens is 444 g/mol. The minimum Gasteiger partial charge on any atom is -0.293 e. The molecule has 9 heteroatoms. The number of hydrogen-bond acceptors (Lipinski definition) is 6. The fourth-order valence-electron chi connectivity index (χ4n) is 3.35. The second-order valence-corrected chi connectivity index (χ2v) is 8.88. The van der Waals surface area contributed by atoms with Crippen LogP contribution in [-0.2, 0) is 4.79 Å². The SMILES string of the molecule is CCCCN1C(=O)C(=Cc2cn(-c3ccccc3)nc2-c2cccc([N+](=O)[O-])c2)SC1=S. The number of carbonyl (C=O) groups is 1. The van der Waals surface area contributed by atoms with Crippen LogP contribution >= 0.6 is 24.0 Å². The molecule has 162 valence electrons. The second-order valence-electron chi connectivity index (χ2n) is 7.21. The van der Waals surface area contributed by atoms with E-state index in [0.717, 1.165) is 18.5 Å². The lowest BCUT2D eigenvalue weighted by Gasteiger charge is -2.12. The maximum atomic E-state index is 12.9. The van der Waals surface area contributed by atoms with Crippen molar-refractivity contribution in [1.29, 1.82) is 0 Å². The van der Waals surface area contributed by atoms with Crippen molar-refractivity contribution in [2.24, 2.45) is 0 Å². The summed E-state index contributed by atoms with van der Waals surface area (Å²) in [6.07, 6.45) is 5.44. The van der Waals surface area contributed by atoms with Crippen LogP contribution in [0.15, 0.2) is 65.7 Å². The normalized spacial score (nSPS) is 15.0. The molecule has 2 heterocycles. The van der Waals surface area contributed by atoms with Crippen LogP contribution < -0.4 is 0 Å². The van der Waals surface area contributed by atoms with E-state index in [2.05, 4.69) is 12.0 Å². The predicted molar refractivity (Wildman–Crippen MR) is 130 cm³/mol. The van der Waals surface area contributed by atoms with Crippen LogP contribution in [0.4, 0.5) is 5.69 Å². The number of para-hydroxylation sites is 1. The summed E-state index contributed by atoms with van der Waals surface area (Å²) in [5.74, 6) is -0.120. The van der Waals surface area contributed by atoms with Gasteiger partial charge in [0.15, 0.2) is 0 Å². The zero-order valence-electron chi connectivity index (χ0n) is 17.3. The first-order chi connectivity index (χ1) is 15.5. The Morgan fingerprint density at radius 2 is 1.97 bits per heavy atom. The van der Waals surface area contributed by atoms with Gasteiger partial charge in [0.1, 0.15) is 10.0 Å². The van der Waals surface area contributed by atoms with Crippen LogP contribution in [0.3, 0.4) is 0 Å². The summed E-state index contributed by atoms with van der Waals surface area (Å²) in [5.41, 5.74) is 2.66. The van der Waals surface area contributed by atoms with E-state index in [9.17, 15) is 14.9 Å². The third kappa shape index (κ3) is 4.49. The van der Waals surface area contributed by atoms with Crippen LogP contribution in [0.2, 0.25) is 0 Å². The first-order valence-electron chi connectivity index (χ1n) is 10.1. The van der Waals surface area contributed by atoms with Gasteiger partial charge in [-0.3, -0.25) is 19.8 Å². The van der Waals surface area contributed by atoms with E-state index >= 15 is 0 Å². The maximum Gasteiger partial charge on any atom is 0.270 e. The van der Waals surface area contributed by atoms with E-state index in [0.29, 0.717) is 32.6 Å². The highest BCUT2D eigenvalue weighted by molar-refractivity contribution is 8.26. The molecule has 0 N–H and O–H groups in total. The number of carbonyl (C=O) groups excluding carboxylic acids is 1. The third-order valence-electron chi connectivity index (χ3n) is 4.99. The molecule has 0 spiro atoms. The summed E-state index contributed by atoms with van der Waals surface area (Å²) >= 11 is 6.68. The third-order valence-corrected chi connectivity index (χ3v) is 6.37. The van der Waals surface area contributed by atoms with Crippen LogP contribution in [0.1, 0.15) is 25.3 Å². The summed E-state index contributed by atoms with van der Waals surface area (Å²) < 4.78 is 2.25. The molecule has 7 nitrogen and oxygen atoms in total. The summed E-state index contributed by atoms with van der Waals surface area (Å²) in [4.78, 5) is 25.9. The van der Waals surface area contributed by atoms with Crippen molar-refractivity contribution in [3.8, 4) is 16.9 Å². The summed E-state index contributed by atoms with van der Waals surface area (Å²) in [7, 11) is 0. The fourth-order valence-corrected chi connectivity index (χ4v) is 4.65. The van der Waals surface area contributed by atoms with Crippen molar-refractivity contribution in [3.05, 3.63) is 81.4 Å². The van der Waals surface area contributed by atoms with Gasteiger partial charge in [0.2, 0.25) is 0 Å². The van der Waals surface area contributed by atoms with Crippen molar-refractivity contribution in [2.45, 2.75) is 19.8 Å². The Hall–Kier alpha value is -3.30. The first-order valence-corrected chi connectivity index (χ1v) is 11.4. The molecule has 0 atom stereocenters. The van der Waals surface area contributed by atoms with Gasteiger partial charge in [-0.15, -0.1) is 0 Å². The van der Waals surface area contributed by atoms with Crippen molar-refractivity contribution in [1.82, 2.24) is 14.7 Å². The molecule has 1 saturated heterocycles. The molecule has 3 aromatic rings. The van der Waals surface area contributed by atoms with E-state index in [1.807, 2.05) is 36.5 Å². The van der Waals surface area contributed by atoms with Gasteiger partial charge in [0.05, 0.1) is 15.5 Å². The van der Waals surface area contributed by atoms with Crippen molar-refractivity contribution < 1.29 is 9.72 Å². The molecule has 0 saturated carbocycles. The van der Waals surface area contributed by atoms with E-state index in [1.54, 1.807) is 27.8 Å². The van der Waals surface area contributed by atoms with E-state index < -0.39 is 4.92 Å². The van der Waals surface area contributed by atoms with Crippen molar-refractivity contribution in [2.75, 3.05) is 6.54 Å². The number of nitro groups is 1. The van der Waals surface area contributed by atoms with Crippen LogP contribution in [0.5, 0.6) is 0 Å². The molecule has 1 amide bonds. The molecule has 0 unspecified atom stereocenters. The Balaban J connectivity index is 1.79. The number of rotatable bonds is 7. The Labute approximate surface area is 194 Å². The molecule has 1 fully saturated rings. The summed E-state index contributed by atoms with van der Waals surface area (Å²) in [6, 6.07) is 15.9. The zero-order chi connectivity index (χ0) is 22.7. The lowest BCUT2D eigenvalue weighted by atomic mass is 10.1. The molecule has 0 aliphatic carbocycles. The number of hydrogen-bond donors (Lipinski definition) is 0. The highest BCUT2D eigenvalue weighted by Crippen LogP contribution is 2.35. The number of thioether (sulfide) groups is 1. The molecule has 1 aromatic heterocycles. The minimum absolute atomic E-state index is 0.0198. The largest absolute Gasteiger partial charge is 0.293 e. The number of aromatic nitrogens is 2. The average Bonchev–Trinajstić information content (AvgIpc) is 3.34. The number of nitrogens with zero attached hydrogens (tertiary/aromatic N) is 4. The van der Waals surface area contributed by atoms with Gasteiger partial charge in [0, 0.05) is 36.0 Å². The maximum absolute atomic E-state index is 12.9. The quantitative estimate of drug-likeness (QED) is 0.200. The highest BCUT2D eigenvalue weighted by Gasteiger charge is 2.32. The Bertz CT molecular complexity index is 1220. The molecule has 0 bridgehead atoms. The monoisotopic (exact) mass is 464 g/mol. The molecule has 32 heavy (non-hydrogen) atoms. The van der Waals surface area contributed by atoms with Crippen molar-refractivity contribution in [3.63, 3.8) is 0 Å². The molecule has 0 radical (unpaired) electrons. The number of amides is 1. The molecule has 1 aliphatic heterocycles. The smallest absolute Gasteiger partial charge is 0.270 e. The zero-order valence-corrected chi connectivity index (χ0v) is 18.9. The predicted octanol–water partition coefficient (Wildman–Crippen LogP) is 5.45. The van der Waals surface area contributed by atoms with Gasteiger partial charge < -0.3 is 0 Å². The number of nitro benzene ring substituents is 1. The topological polar surface area (TPSA) is 81.3 Å². The minimum atomic E-state index is -0.434. The van der Waals surface area contributed by atoms with Gasteiger partial charge in [-0.2, -0.15) is 5.10 Å². The van der Waals surface area contributed by atoms with E-state index in [1.165, 1.54) is 23.9 Å². The van der Waals surface area contributed by atoms with Crippen molar-refractivity contribution >= 4 is 46.0 Å². The van der Waals surface area contributed by atoms with Gasteiger partial charge in [-0.1, -0.05) is 67.7 Å². The average molecular weight is 465 g/mol. The standard InChI is InChI=1S/C23H20N4O3S2/c1-2-3-12-25-22(28)20(32-23(25)31)14-17-15-26(18-9-5-4-6-10-18)24-21(17)16-8-7-11-19(13-16)27(29)30/h4-11,13-15H,2-3,12H2,1H3. The van der Waals surface area contributed by atoms with Gasteiger partial charge in [-0.25, -0.2) is 4.68 Å². The van der Waals surface area contributed by atoms with Crippen LogP contribution in [-0.4, -0.2) is 36.4 Å².